The Bertz CT molecular complexity index is 549. The van der Waals surface area contributed by atoms with E-state index >= 15 is 0 Å². The van der Waals surface area contributed by atoms with Crippen LogP contribution in [0.1, 0.15) is 41.6 Å². The molecule has 1 aromatic heterocycles. The van der Waals surface area contributed by atoms with Crippen LogP contribution in [0, 0.1) is 0 Å². The highest BCUT2D eigenvalue weighted by Gasteiger charge is 2.10. The lowest BCUT2D eigenvalue weighted by molar-refractivity contribution is 0.277. The van der Waals surface area contributed by atoms with E-state index in [0.717, 1.165) is 28.4 Å². The van der Waals surface area contributed by atoms with Crippen molar-refractivity contribution in [3.05, 3.63) is 45.4 Å². The molecule has 0 saturated heterocycles. The molecule has 2 aromatic rings. The molecule has 3 nitrogen and oxygen atoms in total. The first kappa shape index (κ1) is 14.0. The van der Waals surface area contributed by atoms with Crippen molar-refractivity contribution in [3.8, 4) is 5.75 Å². The van der Waals surface area contributed by atoms with Crippen molar-refractivity contribution in [2.75, 3.05) is 7.11 Å². The summed E-state index contributed by atoms with van der Waals surface area (Å²) in [6.45, 7) is 4.36. The summed E-state index contributed by atoms with van der Waals surface area (Å²) < 4.78 is 5.41. The van der Waals surface area contributed by atoms with Crippen LogP contribution in [0.5, 0.6) is 5.75 Å². The first-order chi connectivity index (χ1) is 9.13. The van der Waals surface area contributed by atoms with E-state index in [-0.39, 0.29) is 6.61 Å². The van der Waals surface area contributed by atoms with Crippen molar-refractivity contribution in [1.82, 2.24) is 4.98 Å². The zero-order chi connectivity index (χ0) is 13.8. The largest absolute Gasteiger partial charge is 0.496 e. The average Bonchev–Trinajstić information content (AvgIpc) is 2.86. The molecule has 0 fully saturated rings. The fourth-order valence-corrected chi connectivity index (χ4v) is 2.77. The summed E-state index contributed by atoms with van der Waals surface area (Å²) in [5.74, 6) is 1.39. The minimum absolute atomic E-state index is 0.000329. The van der Waals surface area contributed by atoms with Crippen LogP contribution in [0.2, 0.25) is 0 Å². The predicted molar refractivity (Wildman–Crippen MR) is 77.9 cm³/mol. The third kappa shape index (κ3) is 3.33. The van der Waals surface area contributed by atoms with Gasteiger partial charge >= 0.3 is 0 Å². The lowest BCUT2D eigenvalue weighted by Gasteiger charge is -2.12. The second kappa shape index (κ2) is 6.17. The van der Waals surface area contributed by atoms with Crippen LogP contribution < -0.4 is 4.74 Å². The van der Waals surface area contributed by atoms with Gasteiger partial charge in [0.15, 0.2) is 0 Å². The van der Waals surface area contributed by atoms with Gasteiger partial charge in [-0.2, -0.15) is 0 Å². The molecule has 0 aliphatic carbocycles. The number of ether oxygens (including phenoxy) is 1. The molecule has 102 valence electrons. The maximum atomic E-state index is 9.05. The van der Waals surface area contributed by atoms with Crippen molar-refractivity contribution >= 4 is 11.3 Å². The van der Waals surface area contributed by atoms with Crippen LogP contribution in [0.4, 0.5) is 0 Å². The number of aliphatic hydroxyl groups excluding tert-OH is 1. The number of hydrogen-bond acceptors (Lipinski definition) is 4. The molecular formula is C15H19NO2S. The topological polar surface area (TPSA) is 42.4 Å². The Hall–Kier alpha value is -1.39. The van der Waals surface area contributed by atoms with Gasteiger partial charge in [-0.1, -0.05) is 26.0 Å². The smallest absolute Gasteiger partial charge is 0.122 e. The number of aliphatic hydroxyl groups is 1. The predicted octanol–water partition coefficient (Wildman–Crippen LogP) is 3.36. The minimum Gasteiger partial charge on any atom is -0.496 e. The van der Waals surface area contributed by atoms with E-state index in [2.05, 4.69) is 31.0 Å². The summed E-state index contributed by atoms with van der Waals surface area (Å²) in [4.78, 5) is 4.39. The minimum atomic E-state index is -0.000329. The van der Waals surface area contributed by atoms with Crippen LogP contribution in [0.15, 0.2) is 23.6 Å². The van der Waals surface area contributed by atoms with E-state index in [0.29, 0.717) is 5.92 Å². The van der Waals surface area contributed by atoms with Gasteiger partial charge in [-0.3, -0.25) is 0 Å². The van der Waals surface area contributed by atoms with E-state index in [1.807, 2.05) is 11.4 Å². The monoisotopic (exact) mass is 277 g/mol. The second-order valence-corrected chi connectivity index (χ2v) is 5.74. The lowest BCUT2D eigenvalue weighted by Crippen LogP contribution is -1.97. The SMILES string of the molecule is COc1ccc(C(C)C)cc1Cc1nc(CO)cs1. The number of nitrogens with zero attached hydrogens (tertiary/aromatic N) is 1. The van der Waals surface area contributed by atoms with E-state index in [9.17, 15) is 0 Å². The Morgan fingerprint density at radius 3 is 2.74 bits per heavy atom. The molecule has 0 bridgehead atoms. The van der Waals surface area contributed by atoms with Crippen LogP contribution in [-0.4, -0.2) is 17.2 Å². The lowest BCUT2D eigenvalue weighted by atomic mass is 9.99. The molecule has 0 atom stereocenters. The highest BCUT2D eigenvalue weighted by atomic mass is 32.1. The Morgan fingerprint density at radius 1 is 1.37 bits per heavy atom. The van der Waals surface area contributed by atoms with Gasteiger partial charge in [0.1, 0.15) is 5.75 Å². The molecule has 0 radical (unpaired) electrons. The number of benzene rings is 1. The van der Waals surface area contributed by atoms with Crippen LogP contribution in [0.3, 0.4) is 0 Å². The molecule has 1 heterocycles. The fraction of sp³-hybridized carbons (Fsp3) is 0.400. The number of hydrogen-bond donors (Lipinski definition) is 1. The average molecular weight is 277 g/mol. The van der Waals surface area contributed by atoms with Gasteiger partial charge in [0.05, 0.1) is 24.4 Å². The molecule has 19 heavy (non-hydrogen) atoms. The molecule has 0 saturated carbocycles. The quantitative estimate of drug-likeness (QED) is 0.911. The summed E-state index contributed by atoms with van der Waals surface area (Å²) in [6.07, 6.45) is 0.744. The molecule has 4 heteroatoms. The van der Waals surface area contributed by atoms with Crippen LogP contribution >= 0.6 is 11.3 Å². The van der Waals surface area contributed by atoms with E-state index in [1.165, 1.54) is 5.56 Å². The van der Waals surface area contributed by atoms with Crippen molar-refractivity contribution in [2.45, 2.75) is 32.8 Å². The van der Waals surface area contributed by atoms with E-state index < -0.39 is 0 Å². The molecule has 0 amide bonds. The summed E-state index contributed by atoms with van der Waals surface area (Å²) in [5.41, 5.74) is 3.18. The van der Waals surface area contributed by atoms with Crippen molar-refractivity contribution in [3.63, 3.8) is 0 Å². The molecule has 2 rings (SSSR count). The number of thiazole rings is 1. The van der Waals surface area contributed by atoms with Crippen molar-refractivity contribution in [2.24, 2.45) is 0 Å². The third-order valence-corrected chi connectivity index (χ3v) is 3.97. The standard InChI is InChI=1S/C15H19NO2S/c1-10(2)11-4-5-14(18-3)12(6-11)7-15-16-13(8-17)9-19-15/h4-6,9-10,17H,7-8H2,1-3H3. The van der Waals surface area contributed by atoms with E-state index in [1.54, 1.807) is 18.4 Å². The van der Waals surface area contributed by atoms with Crippen molar-refractivity contribution in [1.29, 1.82) is 0 Å². The highest BCUT2D eigenvalue weighted by molar-refractivity contribution is 7.09. The zero-order valence-electron chi connectivity index (χ0n) is 11.5. The third-order valence-electron chi connectivity index (χ3n) is 3.07. The Balaban J connectivity index is 2.28. The first-order valence-corrected chi connectivity index (χ1v) is 7.23. The number of aromatic nitrogens is 1. The van der Waals surface area contributed by atoms with Crippen LogP contribution in [0.25, 0.3) is 0 Å². The maximum Gasteiger partial charge on any atom is 0.122 e. The highest BCUT2D eigenvalue weighted by Crippen LogP contribution is 2.27. The molecular weight excluding hydrogens is 258 g/mol. The molecule has 0 unspecified atom stereocenters. The fourth-order valence-electron chi connectivity index (χ4n) is 1.96. The summed E-state index contributed by atoms with van der Waals surface area (Å²) in [7, 11) is 1.69. The first-order valence-electron chi connectivity index (χ1n) is 6.35. The Labute approximate surface area is 117 Å². The summed E-state index contributed by atoms with van der Waals surface area (Å²) in [6, 6.07) is 6.31. The Kier molecular flexibility index (Phi) is 4.56. The maximum absolute atomic E-state index is 9.05. The number of methoxy groups -OCH3 is 1. The zero-order valence-corrected chi connectivity index (χ0v) is 12.3. The van der Waals surface area contributed by atoms with Crippen LogP contribution in [-0.2, 0) is 13.0 Å². The van der Waals surface area contributed by atoms with Gasteiger partial charge in [0.2, 0.25) is 0 Å². The molecule has 0 spiro atoms. The van der Waals surface area contributed by atoms with E-state index in [4.69, 9.17) is 9.84 Å². The molecule has 1 aromatic carbocycles. The van der Waals surface area contributed by atoms with Gasteiger partial charge in [0, 0.05) is 17.4 Å². The van der Waals surface area contributed by atoms with Gasteiger partial charge in [-0.25, -0.2) is 4.98 Å². The van der Waals surface area contributed by atoms with Gasteiger partial charge in [-0.05, 0) is 17.5 Å². The Morgan fingerprint density at radius 2 is 2.16 bits per heavy atom. The summed E-state index contributed by atoms with van der Waals surface area (Å²) in [5, 5.41) is 12.0. The molecule has 0 aliphatic rings. The summed E-state index contributed by atoms with van der Waals surface area (Å²) >= 11 is 1.58. The van der Waals surface area contributed by atoms with Gasteiger partial charge in [0.25, 0.3) is 0 Å². The second-order valence-electron chi connectivity index (χ2n) is 4.79. The molecule has 0 aliphatic heterocycles. The number of rotatable bonds is 5. The van der Waals surface area contributed by atoms with Gasteiger partial charge in [-0.15, -0.1) is 11.3 Å². The normalized spacial score (nSPS) is 11.0. The van der Waals surface area contributed by atoms with Crippen molar-refractivity contribution < 1.29 is 9.84 Å². The van der Waals surface area contributed by atoms with Gasteiger partial charge < -0.3 is 9.84 Å². The molecule has 1 N–H and O–H groups in total.